The molecule has 0 aliphatic carbocycles. The van der Waals surface area contributed by atoms with Crippen LogP contribution in [0.4, 0.5) is 0 Å². The van der Waals surface area contributed by atoms with Crippen molar-refractivity contribution in [2.45, 2.75) is 32.0 Å². The van der Waals surface area contributed by atoms with Crippen LogP contribution >= 0.6 is 0 Å². The highest BCUT2D eigenvalue weighted by molar-refractivity contribution is 5.50. The van der Waals surface area contributed by atoms with Gasteiger partial charge >= 0.3 is 0 Å². The Hall–Kier alpha value is -0.410. The first-order valence-electron chi connectivity index (χ1n) is 3.88. The van der Waals surface area contributed by atoms with Crippen molar-refractivity contribution < 1.29 is 9.53 Å². The second-order valence-corrected chi connectivity index (χ2v) is 3.42. The van der Waals surface area contributed by atoms with E-state index in [2.05, 4.69) is 4.90 Å². The monoisotopic (exact) mass is 157 g/mol. The maximum Gasteiger partial charge on any atom is 0.121 e. The summed E-state index contributed by atoms with van der Waals surface area (Å²) in [5.74, 6) is 0. The molecule has 0 unspecified atom stereocenters. The first-order chi connectivity index (χ1) is 5.08. The maximum absolute atomic E-state index is 10.2. The summed E-state index contributed by atoms with van der Waals surface area (Å²) in [4.78, 5) is 12.3. The Morgan fingerprint density at radius 3 is 2.73 bits per heavy atom. The molecule has 3 nitrogen and oxygen atoms in total. The molecule has 1 atom stereocenters. The predicted molar refractivity (Wildman–Crippen MR) is 42.3 cm³/mol. The lowest BCUT2D eigenvalue weighted by Gasteiger charge is -2.28. The number of carbonyl (C=O) groups is 1. The van der Waals surface area contributed by atoms with Gasteiger partial charge in [0.2, 0.25) is 0 Å². The molecule has 1 rings (SSSR count). The number of likely N-dealkylation sites (N-methyl/N-ethyl adjacent to an activating group) is 1. The second kappa shape index (κ2) is 2.91. The first-order valence-corrected chi connectivity index (χ1v) is 3.88. The van der Waals surface area contributed by atoms with Gasteiger partial charge < -0.3 is 9.53 Å². The predicted octanol–water partition coefficient (Wildman–Crippen LogP) is 0.642. The summed E-state index contributed by atoms with van der Waals surface area (Å²) in [7, 11) is 1.99. The number of rotatable bonds is 2. The van der Waals surface area contributed by atoms with Gasteiger partial charge in [-0.25, -0.2) is 0 Å². The highest BCUT2D eigenvalue weighted by Crippen LogP contribution is 2.25. The summed E-state index contributed by atoms with van der Waals surface area (Å²) < 4.78 is 5.48. The van der Waals surface area contributed by atoms with Gasteiger partial charge in [-0.1, -0.05) is 0 Å². The fourth-order valence-corrected chi connectivity index (χ4v) is 1.29. The minimum atomic E-state index is -0.201. The summed E-state index contributed by atoms with van der Waals surface area (Å²) in [6, 6.07) is 0.266. The summed E-state index contributed by atoms with van der Waals surface area (Å²) in [5.41, 5.74) is -0.201. The Bertz CT molecular complexity index is 156. The second-order valence-electron chi connectivity index (χ2n) is 3.42. The molecular weight excluding hydrogens is 142 g/mol. The average Bonchev–Trinajstić information content (AvgIpc) is 2.17. The van der Waals surface area contributed by atoms with E-state index in [1.807, 2.05) is 20.9 Å². The number of hydrogen-bond acceptors (Lipinski definition) is 3. The largest absolute Gasteiger partial charge is 0.359 e. The van der Waals surface area contributed by atoms with E-state index in [9.17, 15) is 4.79 Å². The first kappa shape index (κ1) is 8.68. The van der Waals surface area contributed by atoms with E-state index in [1.54, 1.807) is 0 Å². The van der Waals surface area contributed by atoms with Crippen molar-refractivity contribution in [1.29, 1.82) is 0 Å². The lowest BCUT2D eigenvalue weighted by Crippen LogP contribution is -2.40. The van der Waals surface area contributed by atoms with Crippen LogP contribution in [0.3, 0.4) is 0 Å². The zero-order chi connectivity index (χ0) is 8.48. The van der Waals surface area contributed by atoms with Gasteiger partial charge in [0.25, 0.3) is 0 Å². The number of aldehydes is 1. The number of nitrogens with zero attached hydrogens (tertiary/aromatic N) is 1. The SMILES string of the molecule is CN1[C@@H](CC=O)COC1(C)C. The van der Waals surface area contributed by atoms with Crippen LogP contribution in [0.5, 0.6) is 0 Å². The van der Waals surface area contributed by atoms with Gasteiger partial charge in [-0.3, -0.25) is 4.90 Å². The third kappa shape index (κ3) is 1.60. The van der Waals surface area contributed by atoms with Crippen molar-refractivity contribution in [2.75, 3.05) is 13.7 Å². The van der Waals surface area contributed by atoms with Crippen molar-refractivity contribution in [2.24, 2.45) is 0 Å². The van der Waals surface area contributed by atoms with E-state index in [4.69, 9.17) is 4.74 Å². The highest BCUT2D eigenvalue weighted by Gasteiger charge is 2.36. The van der Waals surface area contributed by atoms with Crippen molar-refractivity contribution >= 4 is 6.29 Å². The molecular formula is C8H15NO2. The molecule has 1 saturated heterocycles. The van der Waals surface area contributed by atoms with Crippen LogP contribution in [0.2, 0.25) is 0 Å². The zero-order valence-electron chi connectivity index (χ0n) is 7.33. The van der Waals surface area contributed by atoms with Crippen LogP contribution in [-0.4, -0.2) is 36.6 Å². The number of ether oxygens (including phenoxy) is 1. The van der Waals surface area contributed by atoms with Gasteiger partial charge in [0, 0.05) is 12.5 Å². The van der Waals surface area contributed by atoms with Crippen LogP contribution < -0.4 is 0 Å². The minimum Gasteiger partial charge on any atom is -0.359 e. The smallest absolute Gasteiger partial charge is 0.121 e. The molecule has 0 saturated carbocycles. The third-order valence-corrected chi connectivity index (χ3v) is 2.39. The number of carbonyl (C=O) groups excluding carboxylic acids is 1. The lowest BCUT2D eigenvalue weighted by atomic mass is 10.2. The average molecular weight is 157 g/mol. The summed E-state index contributed by atoms with van der Waals surface area (Å²) in [6.45, 7) is 4.69. The van der Waals surface area contributed by atoms with Crippen LogP contribution in [0.25, 0.3) is 0 Å². The van der Waals surface area contributed by atoms with Gasteiger partial charge in [0.1, 0.15) is 12.0 Å². The van der Waals surface area contributed by atoms with Crippen molar-refractivity contribution in [3.63, 3.8) is 0 Å². The van der Waals surface area contributed by atoms with E-state index >= 15 is 0 Å². The lowest BCUT2D eigenvalue weighted by molar-refractivity contribution is -0.108. The summed E-state index contributed by atoms with van der Waals surface area (Å²) in [6.07, 6.45) is 1.52. The highest BCUT2D eigenvalue weighted by atomic mass is 16.5. The molecule has 0 aromatic carbocycles. The molecule has 1 fully saturated rings. The molecule has 0 amide bonds. The van der Waals surface area contributed by atoms with Gasteiger partial charge in [-0.15, -0.1) is 0 Å². The molecule has 1 aliphatic rings. The van der Waals surface area contributed by atoms with Crippen molar-refractivity contribution in [3.8, 4) is 0 Å². The van der Waals surface area contributed by atoms with Gasteiger partial charge in [-0.05, 0) is 20.9 Å². The van der Waals surface area contributed by atoms with Gasteiger partial charge in [0.15, 0.2) is 0 Å². The van der Waals surface area contributed by atoms with E-state index < -0.39 is 0 Å². The maximum atomic E-state index is 10.2. The molecule has 0 aromatic heterocycles. The summed E-state index contributed by atoms with van der Waals surface area (Å²) >= 11 is 0. The quantitative estimate of drug-likeness (QED) is 0.551. The zero-order valence-corrected chi connectivity index (χ0v) is 7.33. The van der Waals surface area contributed by atoms with Gasteiger partial charge in [-0.2, -0.15) is 0 Å². The van der Waals surface area contributed by atoms with Crippen LogP contribution in [0.1, 0.15) is 20.3 Å². The molecule has 0 aromatic rings. The standard InChI is InChI=1S/C8H15NO2/c1-8(2)9(3)7(4-5-10)6-11-8/h5,7H,4,6H2,1-3H3/t7-/m0/s1. The fraction of sp³-hybridized carbons (Fsp3) is 0.875. The molecule has 64 valence electrons. The molecule has 1 aliphatic heterocycles. The van der Waals surface area contributed by atoms with Crippen LogP contribution in [0.15, 0.2) is 0 Å². The number of hydrogen-bond donors (Lipinski definition) is 0. The summed E-state index contributed by atoms with van der Waals surface area (Å²) in [5, 5.41) is 0. The topological polar surface area (TPSA) is 29.5 Å². The van der Waals surface area contributed by atoms with Crippen LogP contribution in [0, 0.1) is 0 Å². The fourth-order valence-electron chi connectivity index (χ4n) is 1.29. The van der Waals surface area contributed by atoms with E-state index in [1.165, 1.54) is 0 Å². The van der Waals surface area contributed by atoms with E-state index in [0.29, 0.717) is 13.0 Å². The minimum absolute atomic E-state index is 0.201. The third-order valence-electron chi connectivity index (χ3n) is 2.39. The Kier molecular flexibility index (Phi) is 2.30. The molecule has 3 heteroatoms. The molecule has 0 N–H and O–H groups in total. The molecule has 0 bridgehead atoms. The Balaban J connectivity index is 2.55. The normalized spacial score (nSPS) is 30.6. The molecule has 0 radical (unpaired) electrons. The van der Waals surface area contributed by atoms with Crippen LogP contribution in [-0.2, 0) is 9.53 Å². The molecule has 1 heterocycles. The Morgan fingerprint density at radius 2 is 2.36 bits per heavy atom. The van der Waals surface area contributed by atoms with E-state index in [-0.39, 0.29) is 11.8 Å². The van der Waals surface area contributed by atoms with Crippen molar-refractivity contribution in [3.05, 3.63) is 0 Å². The molecule has 11 heavy (non-hydrogen) atoms. The van der Waals surface area contributed by atoms with Crippen molar-refractivity contribution in [1.82, 2.24) is 4.90 Å². The Labute approximate surface area is 67.3 Å². The van der Waals surface area contributed by atoms with E-state index in [0.717, 1.165) is 6.29 Å². The Morgan fingerprint density at radius 1 is 1.73 bits per heavy atom. The van der Waals surface area contributed by atoms with Gasteiger partial charge in [0.05, 0.1) is 6.61 Å². The molecule has 0 spiro atoms.